The third-order valence-corrected chi connectivity index (χ3v) is 6.37. The summed E-state index contributed by atoms with van der Waals surface area (Å²) in [6, 6.07) is 17.3. The van der Waals surface area contributed by atoms with E-state index in [1.54, 1.807) is 12.3 Å². The standard InChI is InChI=1S/C27H31N3O2/c1-3-4-19-5-8-22(9-6-19)30(2)23-10-11-24-20(17-23)13-16-29-26(24)12-7-21-18-28-15-14-25(21)27(31)32/h5-6,8-11,14-15,17-18,26,29H,3-4,7,12-13,16H2,1-2H3,(H,31,32)/t26-/m1/s1. The smallest absolute Gasteiger partial charge is 0.336 e. The number of anilines is 2. The van der Waals surface area contributed by atoms with Gasteiger partial charge in [0.05, 0.1) is 5.56 Å². The van der Waals surface area contributed by atoms with Gasteiger partial charge in [-0.1, -0.05) is 31.5 Å². The van der Waals surface area contributed by atoms with Gasteiger partial charge in [0.2, 0.25) is 0 Å². The lowest BCUT2D eigenvalue weighted by Crippen LogP contribution is -2.30. The first-order valence-electron chi connectivity index (χ1n) is 11.4. The SMILES string of the molecule is CCCc1ccc(N(C)c2ccc3c(c2)CCN[C@@H]3CCc2cnccc2C(=O)O)cc1. The van der Waals surface area contributed by atoms with E-state index < -0.39 is 5.97 Å². The third kappa shape index (κ3) is 4.83. The Morgan fingerprint density at radius 3 is 2.66 bits per heavy atom. The summed E-state index contributed by atoms with van der Waals surface area (Å²) in [5.41, 5.74) is 7.57. The zero-order valence-corrected chi connectivity index (χ0v) is 18.8. The number of aryl methyl sites for hydroxylation is 2. The van der Waals surface area contributed by atoms with Crippen LogP contribution in [0, 0.1) is 0 Å². The number of carbonyl (C=O) groups is 1. The molecule has 2 aromatic carbocycles. The van der Waals surface area contributed by atoms with Gasteiger partial charge in [0.1, 0.15) is 0 Å². The van der Waals surface area contributed by atoms with Crippen LogP contribution in [0.3, 0.4) is 0 Å². The molecule has 4 rings (SSSR count). The lowest BCUT2D eigenvalue weighted by molar-refractivity contribution is 0.0695. The lowest BCUT2D eigenvalue weighted by atomic mass is 9.89. The van der Waals surface area contributed by atoms with Crippen molar-refractivity contribution in [1.29, 1.82) is 0 Å². The predicted octanol–water partition coefficient (Wildman–Crippen LogP) is 5.32. The van der Waals surface area contributed by atoms with Crippen molar-refractivity contribution < 1.29 is 9.90 Å². The molecule has 2 heterocycles. The largest absolute Gasteiger partial charge is 0.478 e. The number of rotatable bonds is 8. The van der Waals surface area contributed by atoms with Crippen LogP contribution in [0.5, 0.6) is 0 Å². The van der Waals surface area contributed by atoms with E-state index in [2.05, 4.69) is 71.6 Å². The molecule has 0 radical (unpaired) electrons. The van der Waals surface area contributed by atoms with Crippen molar-refractivity contribution in [3.63, 3.8) is 0 Å². The third-order valence-electron chi connectivity index (χ3n) is 6.37. The van der Waals surface area contributed by atoms with E-state index in [1.807, 2.05) is 0 Å². The molecule has 0 saturated carbocycles. The number of aromatic carboxylic acids is 1. The topological polar surface area (TPSA) is 65.5 Å². The molecule has 3 aromatic rings. The maximum atomic E-state index is 11.5. The van der Waals surface area contributed by atoms with E-state index in [1.165, 1.54) is 34.3 Å². The summed E-state index contributed by atoms with van der Waals surface area (Å²) >= 11 is 0. The average Bonchev–Trinajstić information content (AvgIpc) is 2.82. The van der Waals surface area contributed by atoms with E-state index in [4.69, 9.17) is 0 Å². The predicted molar refractivity (Wildman–Crippen MR) is 129 cm³/mol. The summed E-state index contributed by atoms with van der Waals surface area (Å²) < 4.78 is 0. The fourth-order valence-electron chi connectivity index (χ4n) is 4.56. The van der Waals surface area contributed by atoms with E-state index in [0.717, 1.165) is 37.8 Å². The van der Waals surface area contributed by atoms with Crippen LogP contribution in [-0.2, 0) is 19.3 Å². The zero-order chi connectivity index (χ0) is 22.5. The molecule has 166 valence electrons. The van der Waals surface area contributed by atoms with Crippen molar-refractivity contribution in [2.24, 2.45) is 0 Å². The van der Waals surface area contributed by atoms with Crippen molar-refractivity contribution in [2.45, 2.75) is 45.1 Å². The number of nitrogens with one attached hydrogen (secondary N) is 1. The summed E-state index contributed by atoms with van der Waals surface area (Å²) in [5.74, 6) is -0.894. The van der Waals surface area contributed by atoms with Gasteiger partial charge in [-0.15, -0.1) is 0 Å². The molecule has 0 bridgehead atoms. The Bertz CT molecular complexity index is 1080. The molecule has 0 unspecified atom stereocenters. The molecular formula is C27H31N3O2. The van der Waals surface area contributed by atoms with Crippen LogP contribution in [0.2, 0.25) is 0 Å². The summed E-state index contributed by atoms with van der Waals surface area (Å²) in [6.45, 7) is 3.13. The van der Waals surface area contributed by atoms with E-state index in [-0.39, 0.29) is 6.04 Å². The molecule has 1 atom stereocenters. The molecule has 32 heavy (non-hydrogen) atoms. The number of carboxylic acids is 1. The van der Waals surface area contributed by atoms with Crippen LogP contribution < -0.4 is 10.2 Å². The Morgan fingerprint density at radius 2 is 1.91 bits per heavy atom. The van der Waals surface area contributed by atoms with Crippen LogP contribution in [-0.4, -0.2) is 29.7 Å². The molecule has 5 heteroatoms. The summed E-state index contributed by atoms with van der Waals surface area (Å²) in [4.78, 5) is 17.9. The molecule has 0 fully saturated rings. The van der Waals surface area contributed by atoms with Gasteiger partial charge in [-0.2, -0.15) is 0 Å². The maximum Gasteiger partial charge on any atom is 0.336 e. The Hall–Kier alpha value is -3.18. The van der Waals surface area contributed by atoms with Crippen molar-refractivity contribution in [1.82, 2.24) is 10.3 Å². The number of fused-ring (bicyclic) bond motifs is 1. The molecule has 0 spiro atoms. The van der Waals surface area contributed by atoms with Crippen LogP contribution in [0.25, 0.3) is 0 Å². The monoisotopic (exact) mass is 429 g/mol. The Kier molecular flexibility index (Phi) is 6.86. The number of hydrogen-bond acceptors (Lipinski definition) is 4. The summed E-state index contributed by atoms with van der Waals surface area (Å²) in [6.07, 6.45) is 8.01. The van der Waals surface area contributed by atoms with Gasteiger partial charge in [-0.25, -0.2) is 4.79 Å². The van der Waals surface area contributed by atoms with E-state index in [9.17, 15) is 9.90 Å². The molecular weight excluding hydrogens is 398 g/mol. The second-order valence-electron chi connectivity index (χ2n) is 8.49. The highest BCUT2D eigenvalue weighted by Gasteiger charge is 2.21. The number of benzene rings is 2. The minimum absolute atomic E-state index is 0.216. The molecule has 2 N–H and O–H groups in total. The Balaban J connectivity index is 1.49. The second kappa shape index (κ2) is 9.96. The molecule has 1 aliphatic rings. The maximum absolute atomic E-state index is 11.5. The van der Waals surface area contributed by atoms with E-state index in [0.29, 0.717) is 12.0 Å². The second-order valence-corrected chi connectivity index (χ2v) is 8.49. The fourth-order valence-corrected chi connectivity index (χ4v) is 4.56. The molecule has 0 amide bonds. The van der Waals surface area contributed by atoms with Crippen LogP contribution in [0.4, 0.5) is 11.4 Å². The number of aromatic nitrogens is 1. The normalized spacial score (nSPS) is 15.2. The van der Waals surface area contributed by atoms with Gasteiger partial charge in [0.15, 0.2) is 0 Å². The van der Waals surface area contributed by atoms with Gasteiger partial charge in [0, 0.05) is 36.9 Å². The van der Waals surface area contributed by atoms with Gasteiger partial charge in [-0.05, 0) is 84.8 Å². The minimum Gasteiger partial charge on any atom is -0.478 e. The van der Waals surface area contributed by atoms with Gasteiger partial charge < -0.3 is 15.3 Å². The first kappa shape index (κ1) is 22.0. The van der Waals surface area contributed by atoms with Crippen molar-refractivity contribution in [2.75, 3.05) is 18.5 Å². The quantitative estimate of drug-likeness (QED) is 0.507. The van der Waals surface area contributed by atoms with Gasteiger partial charge in [0.25, 0.3) is 0 Å². The van der Waals surface area contributed by atoms with Crippen molar-refractivity contribution in [3.8, 4) is 0 Å². The molecule has 1 aromatic heterocycles. The molecule has 5 nitrogen and oxygen atoms in total. The lowest BCUT2D eigenvalue weighted by Gasteiger charge is -2.29. The van der Waals surface area contributed by atoms with Crippen LogP contribution >= 0.6 is 0 Å². The van der Waals surface area contributed by atoms with Crippen molar-refractivity contribution >= 4 is 17.3 Å². The number of hydrogen-bond donors (Lipinski definition) is 2. The summed E-state index contributed by atoms with van der Waals surface area (Å²) in [7, 11) is 2.12. The Labute approximate surface area is 190 Å². The van der Waals surface area contributed by atoms with Crippen LogP contribution in [0.15, 0.2) is 60.9 Å². The Morgan fingerprint density at radius 1 is 1.12 bits per heavy atom. The molecule has 0 aliphatic carbocycles. The highest BCUT2D eigenvalue weighted by atomic mass is 16.4. The van der Waals surface area contributed by atoms with E-state index >= 15 is 0 Å². The van der Waals surface area contributed by atoms with Gasteiger partial charge >= 0.3 is 5.97 Å². The number of carboxylic acid groups (broad SMARTS) is 1. The van der Waals surface area contributed by atoms with Crippen molar-refractivity contribution in [3.05, 3.63) is 88.7 Å². The average molecular weight is 430 g/mol. The highest BCUT2D eigenvalue weighted by Crippen LogP contribution is 2.32. The minimum atomic E-state index is -0.894. The molecule has 0 saturated heterocycles. The highest BCUT2D eigenvalue weighted by molar-refractivity contribution is 5.89. The first-order chi connectivity index (χ1) is 15.6. The number of nitrogens with zero attached hydrogens (tertiary/aromatic N) is 2. The zero-order valence-electron chi connectivity index (χ0n) is 18.8. The van der Waals surface area contributed by atoms with Gasteiger partial charge in [-0.3, -0.25) is 4.98 Å². The summed E-state index contributed by atoms with van der Waals surface area (Å²) in [5, 5.41) is 13.0. The fraction of sp³-hybridized carbons (Fsp3) is 0.333. The first-order valence-corrected chi connectivity index (χ1v) is 11.4. The van der Waals surface area contributed by atoms with Crippen LogP contribution in [0.1, 0.15) is 58.4 Å². The molecule has 1 aliphatic heterocycles. The number of pyridine rings is 1.